The zero-order chi connectivity index (χ0) is 16.7. The Morgan fingerprint density at radius 1 is 1.43 bits per heavy atom. The van der Waals surface area contributed by atoms with Crippen LogP contribution in [0.25, 0.3) is 0 Å². The number of carbonyl (C=O) groups excluding carboxylic acids is 1. The highest BCUT2D eigenvalue weighted by Gasteiger charge is 2.34. The minimum atomic E-state index is -0.379. The lowest BCUT2D eigenvalue weighted by molar-refractivity contribution is -0.126. The molecule has 1 aromatic heterocycles. The summed E-state index contributed by atoms with van der Waals surface area (Å²) in [6.07, 6.45) is 10.3. The molecule has 1 unspecified atom stereocenters. The van der Waals surface area contributed by atoms with Crippen molar-refractivity contribution in [1.82, 2.24) is 20.4 Å². The lowest BCUT2D eigenvalue weighted by Gasteiger charge is -2.37. The van der Waals surface area contributed by atoms with Gasteiger partial charge in [0.1, 0.15) is 6.04 Å². The Kier molecular flexibility index (Phi) is 6.59. The third-order valence-corrected chi connectivity index (χ3v) is 4.57. The second-order valence-corrected chi connectivity index (χ2v) is 6.48. The predicted octanol–water partition coefficient (Wildman–Crippen LogP) is 1.93. The average molecular weight is 322 g/mol. The number of nitrogens with one attached hydrogen (secondary N) is 2. The third-order valence-electron chi connectivity index (χ3n) is 4.57. The molecule has 1 atom stereocenters. The van der Waals surface area contributed by atoms with E-state index in [1.54, 1.807) is 17.9 Å². The van der Waals surface area contributed by atoms with Gasteiger partial charge in [-0.3, -0.25) is 9.48 Å². The van der Waals surface area contributed by atoms with E-state index in [0.717, 1.165) is 31.4 Å². The van der Waals surface area contributed by atoms with Gasteiger partial charge in [-0.1, -0.05) is 26.2 Å². The Morgan fingerprint density at radius 2 is 2.17 bits per heavy atom. The van der Waals surface area contributed by atoms with E-state index in [4.69, 9.17) is 4.74 Å². The van der Waals surface area contributed by atoms with Gasteiger partial charge in [-0.15, -0.1) is 0 Å². The first-order valence-electron chi connectivity index (χ1n) is 8.68. The second kappa shape index (κ2) is 8.45. The topological polar surface area (TPSA) is 68.2 Å². The SMILES string of the molecule is CCCOC1(CNC(=O)C(NC)c2cnn(C)c2)CCCCC1. The number of rotatable bonds is 8. The van der Waals surface area contributed by atoms with Crippen LogP contribution >= 0.6 is 0 Å². The summed E-state index contributed by atoms with van der Waals surface area (Å²) in [4.78, 5) is 12.6. The van der Waals surface area contributed by atoms with E-state index in [-0.39, 0.29) is 17.6 Å². The van der Waals surface area contributed by atoms with Gasteiger partial charge in [0.25, 0.3) is 0 Å². The van der Waals surface area contributed by atoms with E-state index in [1.807, 2.05) is 13.2 Å². The Bertz CT molecular complexity index is 495. The van der Waals surface area contributed by atoms with Crippen LogP contribution in [-0.2, 0) is 16.6 Å². The molecule has 2 N–H and O–H groups in total. The maximum absolute atomic E-state index is 12.6. The number of aryl methyl sites for hydroxylation is 1. The highest BCUT2D eigenvalue weighted by molar-refractivity contribution is 5.83. The third kappa shape index (κ3) is 4.78. The Balaban J connectivity index is 1.96. The molecule has 23 heavy (non-hydrogen) atoms. The number of carbonyl (C=O) groups is 1. The van der Waals surface area contributed by atoms with Crippen LogP contribution in [0.2, 0.25) is 0 Å². The highest BCUT2D eigenvalue weighted by atomic mass is 16.5. The van der Waals surface area contributed by atoms with E-state index in [1.165, 1.54) is 19.3 Å². The fourth-order valence-corrected chi connectivity index (χ4v) is 3.28. The summed E-state index contributed by atoms with van der Waals surface area (Å²) in [5, 5.41) is 10.3. The molecule has 6 nitrogen and oxygen atoms in total. The van der Waals surface area contributed by atoms with E-state index in [0.29, 0.717) is 6.54 Å². The van der Waals surface area contributed by atoms with Crippen molar-refractivity contribution in [3.63, 3.8) is 0 Å². The molecule has 1 aromatic rings. The second-order valence-electron chi connectivity index (χ2n) is 6.48. The van der Waals surface area contributed by atoms with E-state index >= 15 is 0 Å². The van der Waals surface area contributed by atoms with E-state index in [9.17, 15) is 4.79 Å². The number of aromatic nitrogens is 2. The fraction of sp³-hybridized carbons (Fsp3) is 0.765. The van der Waals surface area contributed by atoms with Crippen LogP contribution in [0.4, 0.5) is 0 Å². The molecule has 1 aliphatic rings. The van der Waals surface area contributed by atoms with Crippen LogP contribution in [0.15, 0.2) is 12.4 Å². The zero-order valence-corrected chi connectivity index (χ0v) is 14.6. The molecule has 1 aliphatic carbocycles. The van der Waals surface area contributed by atoms with Gasteiger partial charge in [0, 0.05) is 32.0 Å². The van der Waals surface area contributed by atoms with Gasteiger partial charge in [0.15, 0.2) is 0 Å². The molecule has 0 saturated heterocycles. The molecule has 0 radical (unpaired) electrons. The van der Waals surface area contributed by atoms with Gasteiger partial charge in [0.2, 0.25) is 5.91 Å². The standard InChI is InChI=1S/C17H30N4O2/c1-4-10-23-17(8-6-5-7-9-17)13-19-16(22)15(18-2)14-11-20-21(3)12-14/h11-12,15,18H,4-10,13H2,1-3H3,(H,19,22). The van der Waals surface area contributed by atoms with Crippen molar-refractivity contribution < 1.29 is 9.53 Å². The Morgan fingerprint density at radius 3 is 2.74 bits per heavy atom. The fourth-order valence-electron chi connectivity index (χ4n) is 3.28. The summed E-state index contributed by atoms with van der Waals surface area (Å²) in [6, 6.07) is -0.379. The van der Waals surface area contributed by atoms with Crippen LogP contribution in [-0.4, -0.2) is 41.5 Å². The molecular weight excluding hydrogens is 292 g/mol. The van der Waals surface area contributed by atoms with Crippen molar-refractivity contribution in [2.75, 3.05) is 20.2 Å². The number of nitrogens with zero attached hydrogens (tertiary/aromatic N) is 2. The maximum Gasteiger partial charge on any atom is 0.241 e. The normalized spacial score (nSPS) is 18.6. The van der Waals surface area contributed by atoms with Crippen molar-refractivity contribution in [2.45, 2.75) is 57.1 Å². The Labute approximate surface area is 139 Å². The van der Waals surface area contributed by atoms with Gasteiger partial charge in [-0.25, -0.2) is 0 Å². The molecular formula is C17H30N4O2. The first-order chi connectivity index (χ1) is 11.1. The van der Waals surface area contributed by atoms with Crippen LogP contribution in [0.5, 0.6) is 0 Å². The zero-order valence-electron chi connectivity index (χ0n) is 14.6. The van der Waals surface area contributed by atoms with Crippen molar-refractivity contribution in [1.29, 1.82) is 0 Å². The smallest absolute Gasteiger partial charge is 0.241 e. The summed E-state index contributed by atoms with van der Waals surface area (Å²) < 4.78 is 7.85. The molecule has 2 rings (SSSR count). The Hall–Kier alpha value is -1.40. The lowest BCUT2D eigenvalue weighted by atomic mass is 9.84. The first kappa shape index (κ1) is 17.9. The van der Waals surface area contributed by atoms with Crippen molar-refractivity contribution in [3.8, 4) is 0 Å². The molecule has 1 fully saturated rings. The number of ether oxygens (including phenoxy) is 1. The van der Waals surface area contributed by atoms with Crippen molar-refractivity contribution >= 4 is 5.91 Å². The minimum Gasteiger partial charge on any atom is -0.373 e. The summed E-state index contributed by atoms with van der Waals surface area (Å²) in [7, 11) is 3.64. The van der Waals surface area contributed by atoms with Crippen LogP contribution < -0.4 is 10.6 Å². The maximum atomic E-state index is 12.6. The first-order valence-corrected chi connectivity index (χ1v) is 8.68. The summed E-state index contributed by atoms with van der Waals surface area (Å²) in [6.45, 7) is 3.47. The van der Waals surface area contributed by atoms with Gasteiger partial charge in [-0.05, 0) is 26.3 Å². The quantitative estimate of drug-likeness (QED) is 0.767. The number of hydrogen-bond donors (Lipinski definition) is 2. The van der Waals surface area contributed by atoms with E-state index in [2.05, 4.69) is 22.7 Å². The molecule has 0 spiro atoms. The number of likely N-dealkylation sites (N-methyl/N-ethyl adjacent to an activating group) is 1. The molecule has 130 valence electrons. The van der Waals surface area contributed by atoms with Crippen LogP contribution in [0.3, 0.4) is 0 Å². The van der Waals surface area contributed by atoms with Gasteiger partial charge >= 0.3 is 0 Å². The van der Waals surface area contributed by atoms with Crippen LogP contribution in [0, 0.1) is 0 Å². The summed E-state index contributed by atoms with van der Waals surface area (Å²) >= 11 is 0. The lowest BCUT2D eigenvalue weighted by Crippen LogP contribution is -2.48. The molecule has 1 amide bonds. The minimum absolute atomic E-state index is 0.0226. The molecule has 0 aliphatic heterocycles. The number of amides is 1. The summed E-state index contributed by atoms with van der Waals surface area (Å²) in [5.74, 6) is -0.0226. The average Bonchev–Trinajstić information content (AvgIpc) is 2.99. The largest absolute Gasteiger partial charge is 0.373 e. The van der Waals surface area contributed by atoms with Crippen molar-refractivity contribution in [3.05, 3.63) is 18.0 Å². The molecule has 0 aromatic carbocycles. The molecule has 0 bridgehead atoms. The van der Waals surface area contributed by atoms with Gasteiger partial charge in [-0.2, -0.15) is 5.10 Å². The van der Waals surface area contributed by atoms with Gasteiger partial charge in [0.05, 0.1) is 11.8 Å². The highest BCUT2D eigenvalue weighted by Crippen LogP contribution is 2.31. The van der Waals surface area contributed by atoms with Gasteiger partial charge < -0.3 is 15.4 Å². The summed E-state index contributed by atoms with van der Waals surface area (Å²) in [5.41, 5.74) is 0.691. The molecule has 6 heteroatoms. The predicted molar refractivity (Wildman–Crippen MR) is 90.1 cm³/mol. The van der Waals surface area contributed by atoms with E-state index < -0.39 is 0 Å². The van der Waals surface area contributed by atoms with Crippen LogP contribution in [0.1, 0.15) is 57.1 Å². The molecule has 1 saturated carbocycles. The molecule has 1 heterocycles. The number of hydrogen-bond acceptors (Lipinski definition) is 4. The monoisotopic (exact) mass is 322 g/mol. The van der Waals surface area contributed by atoms with Crippen molar-refractivity contribution in [2.24, 2.45) is 7.05 Å².